The smallest absolute Gasteiger partial charge is 0.0376 e. The zero-order chi connectivity index (χ0) is 14.3. The molecule has 0 aromatic heterocycles. The van der Waals surface area contributed by atoms with Crippen LogP contribution in [0.15, 0.2) is 18.2 Å². The first-order chi connectivity index (χ1) is 9.43. The van der Waals surface area contributed by atoms with Crippen LogP contribution in [0.2, 0.25) is 0 Å². The van der Waals surface area contributed by atoms with Gasteiger partial charge in [0.1, 0.15) is 0 Å². The van der Waals surface area contributed by atoms with Gasteiger partial charge in [0.25, 0.3) is 0 Å². The van der Waals surface area contributed by atoms with Crippen molar-refractivity contribution in [2.75, 3.05) is 23.3 Å². The van der Waals surface area contributed by atoms with Gasteiger partial charge in [-0.05, 0) is 61.3 Å². The van der Waals surface area contributed by atoms with E-state index >= 15 is 0 Å². The minimum Gasteiger partial charge on any atom is -0.382 e. The van der Waals surface area contributed by atoms with Crippen LogP contribution in [0.5, 0.6) is 0 Å². The molecule has 1 aromatic rings. The van der Waals surface area contributed by atoms with Gasteiger partial charge in [-0.3, -0.25) is 0 Å². The Kier molecular flexibility index (Phi) is 3.43. The number of anilines is 2. The molecule has 2 unspecified atom stereocenters. The molecule has 2 aliphatic heterocycles. The number of hydrogen-bond donors (Lipinski definition) is 1. The van der Waals surface area contributed by atoms with Crippen molar-refractivity contribution in [1.29, 1.82) is 0 Å². The molecule has 0 bridgehead atoms. The molecule has 0 spiro atoms. The van der Waals surface area contributed by atoms with Gasteiger partial charge in [-0.2, -0.15) is 0 Å². The molecule has 1 N–H and O–H groups in total. The third-order valence-corrected chi connectivity index (χ3v) is 5.12. The molecule has 2 heterocycles. The minimum atomic E-state index is 0.431. The second kappa shape index (κ2) is 4.98. The molecule has 0 saturated carbocycles. The molecular weight excluding hydrogens is 244 g/mol. The van der Waals surface area contributed by atoms with Gasteiger partial charge in [0.15, 0.2) is 0 Å². The highest BCUT2D eigenvalue weighted by atomic mass is 15.2. The number of nitrogens with one attached hydrogen (secondary N) is 1. The molecular formula is C18H28N2. The van der Waals surface area contributed by atoms with Crippen molar-refractivity contribution in [3.05, 3.63) is 23.8 Å². The Morgan fingerprint density at radius 1 is 1.20 bits per heavy atom. The maximum atomic E-state index is 3.59. The molecule has 20 heavy (non-hydrogen) atoms. The summed E-state index contributed by atoms with van der Waals surface area (Å²) in [7, 11) is 0. The van der Waals surface area contributed by atoms with Crippen LogP contribution in [0.3, 0.4) is 0 Å². The summed E-state index contributed by atoms with van der Waals surface area (Å²) in [6.07, 6.45) is 3.80. The molecule has 0 amide bonds. The Morgan fingerprint density at radius 2 is 2.00 bits per heavy atom. The number of nitrogens with zero attached hydrogens (tertiary/aromatic N) is 1. The fourth-order valence-electron chi connectivity index (χ4n) is 3.54. The molecule has 2 aliphatic rings. The van der Waals surface area contributed by atoms with Gasteiger partial charge >= 0.3 is 0 Å². The topological polar surface area (TPSA) is 15.3 Å². The second-order valence-corrected chi connectivity index (χ2v) is 7.72. The molecule has 0 radical (unpaired) electrons. The van der Waals surface area contributed by atoms with E-state index in [1.165, 1.54) is 49.3 Å². The van der Waals surface area contributed by atoms with Crippen molar-refractivity contribution >= 4 is 11.4 Å². The van der Waals surface area contributed by atoms with Gasteiger partial charge in [-0.1, -0.05) is 20.8 Å². The average Bonchev–Trinajstić information content (AvgIpc) is 2.87. The Hall–Kier alpha value is -1.18. The van der Waals surface area contributed by atoms with E-state index in [0.29, 0.717) is 11.5 Å². The molecule has 3 rings (SSSR count). The van der Waals surface area contributed by atoms with E-state index in [2.05, 4.69) is 56.1 Å². The Labute approximate surface area is 123 Å². The number of rotatable bonds is 1. The van der Waals surface area contributed by atoms with Gasteiger partial charge in [0, 0.05) is 30.5 Å². The lowest BCUT2D eigenvalue weighted by atomic mass is 9.80. The summed E-state index contributed by atoms with van der Waals surface area (Å²) in [6, 6.07) is 7.62. The fraction of sp³-hybridized carbons (Fsp3) is 0.667. The van der Waals surface area contributed by atoms with Crippen molar-refractivity contribution in [2.24, 2.45) is 11.3 Å². The van der Waals surface area contributed by atoms with E-state index in [4.69, 9.17) is 0 Å². The molecule has 0 aliphatic carbocycles. The zero-order valence-corrected chi connectivity index (χ0v) is 13.4. The largest absolute Gasteiger partial charge is 0.382 e. The van der Waals surface area contributed by atoms with E-state index in [-0.39, 0.29) is 0 Å². The quantitative estimate of drug-likeness (QED) is 0.819. The van der Waals surface area contributed by atoms with Gasteiger partial charge in [-0.15, -0.1) is 0 Å². The van der Waals surface area contributed by atoms with Crippen molar-refractivity contribution in [3.8, 4) is 0 Å². The van der Waals surface area contributed by atoms with E-state index < -0.39 is 0 Å². The molecule has 2 heteroatoms. The van der Waals surface area contributed by atoms with Crippen molar-refractivity contribution in [2.45, 2.75) is 53.0 Å². The van der Waals surface area contributed by atoms with E-state index in [9.17, 15) is 0 Å². The first-order valence-electron chi connectivity index (χ1n) is 8.08. The summed E-state index contributed by atoms with van der Waals surface area (Å²) in [5.74, 6) is 0.816. The average molecular weight is 272 g/mol. The molecule has 1 aromatic carbocycles. The van der Waals surface area contributed by atoms with Crippen molar-refractivity contribution < 1.29 is 0 Å². The van der Waals surface area contributed by atoms with Crippen LogP contribution in [0.4, 0.5) is 11.4 Å². The van der Waals surface area contributed by atoms with E-state index in [1.54, 1.807) is 0 Å². The van der Waals surface area contributed by atoms with Gasteiger partial charge in [0.2, 0.25) is 0 Å². The predicted octanol–water partition coefficient (Wildman–Crippen LogP) is 4.31. The maximum absolute atomic E-state index is 3.59. The summed E-state index contributed by atoms with van der Waals surface area (Å²) >= 11 is 0. The van der Waals surface area contributed by atoms with Crippen molar-refractivity contribution in [1.82, 2.24) is 0 Å². The third-order valence-electron chi connectivity index (χ3n) is 5.12. The second-order valence-electron chi connectivity index (χ2n) is 7.72. The normalized spacial score (nSPS) is 26.3. The highest BCUT2D eigenvalue weighted by Crippen LogP contribution is 2.37. The van der Waals surface area contributed by atoms with Crippen LogP contribution in [0.1, 0.15) is 46.1 Å². The van der Waals surface area contributed by atoms with E-state index in [1.807, 2.05) is 0 Å². The Bertz CT molecular complexity index is 487. The summed E-state index contributed by atoms with van der Waals surface area (Å²) in [4.78, 5) is 2.58. The standard InChI is InChI=1S/C18H28N2/c1-13-5-6-14-11-16(7-8-17(14)19-13)20-10-9-15(12-20)18(2,3)4/h7-8,11,13,15,19H,5-6,9-10,12H2,1-4H3. The fourth-order valence-corrected chi connectivity index (χ4v) is 3.54. The minimum absolute atomic E-state index is 0.431. The first-order valence-corrected chi connectivity index (χ1v) is 8.08. The number of hydrogen-bond acceptors (Lipinski definition) is 2. The van der Waals surface area contributed by atoms with Crippen molar-refractivity contribution in [3.63, 3.8) is 0 Å². The monoisotopic (exact) mass is 272 g/mol. The molecule has 110 valence electrons. The highest BCUT2D eigenvalue weighted by molar-refractivity contribution is 5.62. The molecule has 2 atom stereocenters. The summed E-state index contributed by atoms with van der Waals surface area (Å²) in [6.45, 7) is 11.8. The SMILES string of the molecule is CC1CCc2cc(N3CCC(C(C)(C)C)C3)ccc2N1. The Balaban J connectivity index is 1.76. The zero-order valence-electron chi connectivity index (χ0n) is 13.4. The first kappa shape index (κ1) is 13.8. The predicted molar refractivity (Wildman–Crippen MR) is 87.6 cm³/mol. The maximum Gasteiger partial charge on any atom is 0.0376 e. The van der Waals surface area contributed by atoms with Crippen LogP contribution in [-0.4, -0.2) is 19.1 Å². The van der Waals surface area contributed by atoms with Gasteiger partial charge in [-0.25, -0.2) is 0 Å². The summed E-state index contributed by atoms with van der Waals surface area (Å²) < 4.78 is 0. The lowest BCUT2D eigenvalue weighted by molar-refractivity contribution is 0.263. The summed E-state index contributed by atoms with van der Waals surface area (Å²) in [5, 5.41) is 3.59. The Morgan fingerprint density at radius 3 is 2.70 bits per heavy atom. The van der Waals surface area contributed by atoms with Gasteiger partial charge < -0.3 is 10.2 Å². The van der Waals surface area contributed by atoms with E-state index in [0.717, 1.165) is 5.92 Å². The lowest BCUT2D eigenvalue weighted by Crippen LogP contribution is -2.26. The third kappa shape index (κ3) is 2.65. The lowest BCUT2D eigenvalue weighted by Gasteiger charge is -2.29. The van der Waals surface area contributed by atoms with Crippen LogP contribution < -0.4 is 10.2 Å². The van der Waals surface area contributed by atoms with Gasteiger partial charge in [0.05, 0.1) is 0 Å². The molecule has 1 saturated heterocycles. The van der Waals surface area contributed by atoms with Crippen LogP contribution >= 0.6 is 0 Å². The summed E-state index contributed by atoms with van der Waals surface area (Å²) in [5.41, 5.74) is 4.70. The number of benzene rings is 1. The van der Waals surface area contributed by atoms with Crippen LogP contribution in [0, 0.1) is 11.3 Å². The molecule has 1 fully saturated rings. The highest BCUT2D eigenvalue weighted by Gasteiger charge is 2.32. The van der Waals surface area contributed by atoms with Crippen LogP contribution in [0.25, 0.3) is 0 Å². The number of fused-ring (bicyclic) bond motifs is 1. The molecule has 2 nitrogen and oxygen atoms in total. The number of aryl methyl sites for hydroxylation is 1. The van der Waals surface area contributed by atoms with Crippen LogP contribution in [-0.2, 0) is 6.42 Å².